The minimum atomic E-state index is -0.811. The van der Waals surface area contributed by atoms with Crippen LogP contribution in [0.2, 0.25) is 0 Å². The van der Waals surface area contributed by atoms with Crippen molar-refractivity contribution in [3.05, 3.63) is 0 Å². The van der Waals surface area contributed by atoms with E-state index in [0.29, 0.717) is 26.2 Å². The van der Waals surface area contributed by atoms with Crippen molar-refractivity contribution < 1.29 is 19.4 Å². The molecule has 0 bridgehead atoms. The molecule has 0 spiro atoms. The van der Waals surface area contributed by atoms with Gasteiger partial charge in [0.25, 0.3) is 0 Å². The van der Waals surface area contributed by atoms with Crippen molar-refractivity contribution in [1.82, 2.24) is 14.7 Å². The monoisotopic (exact) mass is 299 g/mol. The lowest BCUT2D eigenvalue weighted by Crippen LogP contribution is -2.50. The van der Waals surface area contributed by atoms with E-state index in [2.05, 4.69) is 0 Å². The summed E-state index contributed by atoms with van der Waals surface area (Å²) in [5, 5.41) is 8.85. The van der Waals surface area contributed by atoms with Crippen LogP contribution in [0.25, 0.3) is 0 Å². The Labute approximate surface area is 125 Å². The highest BCUT2D eigenvalue weighted by atomic mass is 16.5. The lowest BCUT2D eigenvalue weighted by atomic mass is 10.1. The third kappa shape index (κ3) is 4.57. The van der Waals surface area contributed by atoms with Crippen LogP contribution in [0.1, 0.15) is 19.3 Å². The zero-order chi connectivity index (χ0) is 15.2. The number of hydrogen-bond donors (Lipinski definition) is 1. The summed E-state index contributed by atoms with van der Waals surface area (Å²) in [6.45, 7) is 4.15. The first-order valence-electron chi connectivity index (χ1n) is 7.61. The molecule has 1 N–H and O–H groups in total. The number of aliphatic carboxylic acids is 1. The van der Waals surface area contributed by atoms with Crippen molar-refractivity contribution in [3.63, 3.8) is 0 Å². The van der Waals surface area contributed by atoms with Crippen LogP contribution < -0.4 is 0 Å². The lowest BCUT2D eigenvalue weighted by Gasteiger charge is -2.35. The predicted octanol–water partition coefficient (Wildman–Crippen LogP) is 0.310. The van der Waals surface area contributed by atoms with Gasteiger partial charge in [0.2, 0.25) is 0 Å². The molecule has 7 nitrogen and oxygen atoms in total. The van der Waals surface area contributed by atoms with E-state index in [1.54, 1.807) is 7.11 Å². The molecule has 2 fully saturated rings. The van der Waals surface area contributed by atoms with Gasteiger partial charge in [0.15, 0.2) is 0 Å². The number of hydrogen-bond acceptors (Lipinski definition) is 4. The summed E-state index contributed by atoms with van der Waals surface area (Å²) < 4.78 is 5.36. The molecular formula is C14H25N3O4. The second-order valence-corrected chi connectivity index (χ2v) is 5.74. The third-order valence-corrected chi connectivity index (χ3v) is 4.20. The fraction of sp³-hybridized carbons (Fsp3) is 0.857. The average molecular weight is 299 g/mol. The Kier molecular flexibility index (Phi) is 5.81. The number of ether oxygens (including phenoxy) is 1. The van der Waals surface area contributed by atoms with Crippen molar-refractivity contribution in [2.24, 2.45) is 0 Å². The van der Waals surface area contributed by atoms with Gasteiger partial charge in [-0.1, -0.05) is 0 Å². The van der Waals surface area contributed by atoms with Crippen LogP contribution in [0.15, 0.2) is 0 Å². The molecule has 0 aliphatic carbocycles. The molecule has 0 radical (unpaired) electrons. The number of methoxy groups -OCH3 is 1. The Hall–Kier alpha value is -1.34. The standard InChI is InChI=1S/C14H25N3O4/c1-21-12-4-2-6-17(10-12)14(20)16-7-3-5-15(8-9-16)11-13(18)19/h12H,2-11H2,1H3,(H,18,19). The van der Waals surface area contributed by atoms with Crippen LogP contribution >= 0.6 is 0 Å². The van der Waals surface area contributed by atoms with Crippen LogP contribution in [0, 0.1) is 0 Å². The molecule has 2 aliphatic heterocycles. The van der Waals surface area contributed by atoms with Crippen LogP contribution in [-0.4, -0.2) is 90.8 Å². The fourth-order valence-corrected chi connectivity index (χ4v) is 3.02. The first-order valence-corrected chi connectivity index (χ1v) is 7.61. The molecule has 0 saturated carbocycles. The smallest absolute Gasteiger partial charge is 0.320 e. The predicted molar refractivity (Wildman–Crippen MR) is 77.3 cm³/mol. The van der Waals surface area contributed by atoms with E-state index in [1.165, 1.54) is 0 Å². The molecule has 7 heteroatoms. The zero-order valence-corrected chi connectivity index (χ0v) is 12.7. The van der Waals surface area contributed by atoms with E-state index < -0.39 is 5.97 Å². The number of nitrogens with zero attached hydrogens (tertiary/aromatic N) is 3. The fourth-order valence-electron chi connectivity index (χ4n) is 3.02. The summed E-state index contributed by atoms with van der Waals surface area (Å²) in [7, 11) is 1.69. The quantitative estimate of drug-likeness (QED) is 0.812. The van der Waals surface area contributed by atoms with Gasteiger partial charge in [-0.2, -0.15) is 0 Å². The van der Waals surface area contributed by atoms with Crippen molar-refractivity contribution >= 4 is 12.0 Å². The van der Waals surface area contributed by atoms with Gasteiger partial charge in [-0.15, -0.1) is 0 Å². The first kappa shape index (κ1) is 16.0. The summed E-state index contributed by atoms with van der Waals surface area (Å²) in [6, 6.07) is 0.0638. The molecule has 2 aliphatic rings. The van der Waals surface area contributed by atoms with Crippen molar-refractivity contribution in [3.8, 4) is 0 Å². The van der Waals surface area contributed by atoms with Gasteiger partial charge in [0, 0.05) is 46.4 Å². The maximum Gasteiger partial charge on any atom is 0.320 e. The van der Waals surface area contributed by atoms with Crippen molar-refractivity contribution in [1.29, 1.82) is 0 Å². The summed E-state index contributed by atoms with van der Waals surface area (Å²) >= 11 is 0. The molecule has 120 valence electrons. The van der Waals surface area contributed by atoms with Gasteiger partial charge in [-0.25, -0.2) is 4.79 Å². The summed E-state index contributed by atoms with van der Waals surface area (Å²) in [4.78, 5) is 28.9. The van der Waals surface area contributed by atoms with Gasteiger partial charge < -0.3 is 19.6 Å². The molecule has 2 rings (SSSR count). The molecule has 2 amide bonds. The molecule has 0 aromatic heterocycles. The SMILES string of the molecule is COC1CCCN(C(=O)N2CCCN(CC(=O)O)CC2)C1. The molecule has 1 atom stereocenters. The van der Waals surface area contributed by atoms with Crippen LogP contribution in [0.3, 0.4) is 0 Å². The highest BCUT2D eigenvalue weighted by molar-refractivity contribution is 5.74. The minimum absolute atomic E-state index is 0.0531. The molecular weight excluding hydrogens is 274 g/mol. The number of rotatable bonds is 3. The third-order valence-electron chi connectivity index (χ3n) is 4.20. The van der Waals surface area contributed by atoms with Gasteiger partial charge in [0.05, 0.1) is 12.6 Å². The number of amides is 2. The minimum Gasteiger partial charge on any atom is -0.480 e. The van der Waals surface area contributed by atoms with Gasteiger partial charge in [-0.3, -0.25) is 9.69 Å². The lowest BCUT2D eigenvalue weighted by molar-refractivity contribution is -0.138. The Bertz CT molecular complexity index is 377. The summed E-state index contributed by atoms with van der Waals surface area (Å²) in [5.41, 5.74) is 0. The largest absolute Gasteiger partial charge is 0.480 e. The first-order chi connectivity index (χ1) is 10.1. The summed E-state index contributed by atoms with van der Waals surface area (Å²) in [5.74, 6) is -0.811. The molecule has 0 aromatic rings. The van der Waals surface area contributed by atoms with E-state index in [1.807, 2.05) is 14.7 Å². The molecule has 2 saturated heterocycles. The van der Waals surface area contributed by atoms with E-state index in [-0.39, 0.29) is 18.7 Å². The number of carbonyl (C=O) groups excluding carboxylic acids is 1. The topological polar surface area (TPSA) is 73.3 Å². The van der Waals surface area contributed by atoms with Crippen LogP contribution in [-0.2, 0) is 9.53 Å². The zero-order valence-electron chi connectivity index (χ0n) is 12.7. The second kappa shape index (κ2) is 7.61. The highest BCUT2D eigenvalue weighted by Crippen LogP contribution is 2.15. The molecule has 1 unspecified atom stereocenters. The molecule has 0 aromatic carbocycles. The van der Waals surface area contributed by atoms with Gasteiger partial charge in [0.1, 0.15) is 0 Å². The molecule has 21 heavy (non-hydrogen) atoms. The van der Waals surface area contributed by atoms with Crippen molar-refractivity contribution in [2.75, 3.05) is 52.9 Å². The molecule has 2 heterocycles. The van der Waals surface area contributed by atoms with Crippen LogP contribution in [0.5, 0.6) is 0 Å². The Balaban J connectivity index is 1.86. The van der Waals surface area contributed by atoms with E-state index in [0.717, 1.165) is 32.4 Å². The van der Waals surface area contributed by atoms with E-state index in [9.17, 15) is 9.59 Å². The highest BCUT2D eigenvalue weighted by Gasteiger charge is 2.28. The maximum atomic E-state index is 12.6. The summed E-state index contributed by atoms with van der Waals surface area (Å²) in [6.07, 6.45) is 2.94. The normalized spacial score (nSPS) is 24.7. The maximum absolute atomic E-state index is 12.6. The number of urea groups is 1. The van der Waals surface area contributed by atoms with E-state index >= 15 is 0 Å². The number of carbonyl (C=O) groups is 2. The number of carboxylic acids is 1. The Morgan fingerprint density at radius 2 is 1.86 bits per heavy atom. The van der Waals surface area contributed by atoms with E-state index in [4.69, 9.17) is 9.84 Å². The van der Waals surface area contributed by atoms with Gasteiger partial charge in [-0.05, 0) is 19.3 Å². The number of piperidine rings is 1. The average Bonchev–Trinajstić information content (AvgIpc) is 2.71. The van der Waals surface area contributed by atoms with Gasteiger partial charge >= 0.3 is 12.0 Å². The number of likely N-dealkylation sites (tertiary alicyclic amines) is 1. The number of carboxylic acid groups (broad SMARTS) is 1. The van der Waals surface area contributed by atoms with Crippen molar-refractivity contribution in [2.45, 2.75) is 25.4 Å². The van der Waals surface area contributed by atoms with Crippen LogP contribution in [0.4, 0.5) is 4.79 Å². The Morgan fingerprint density at radius 3 is 2.57 bits per heavy atom. The second-order valence-electron chi connectivity index (χ2n) is 5.74. The Morgan fingerprint density at radius 1 is 1.10 bits per heavy atom.